The Morgan fingerprint density at radius 2 is 1.86 bits per heavy atom. The number of aryl methyl sites for hydroxylation is 1. The first-order chi connectivity index (χ1) is 18.0. The van der Waals surface area contributed by atoms with E-state index in [-0.39, 0.29) is 24.2 Å². The second-order valence-corrected chi connectivity index (χ2v) is 9.86. The van der Waals surface area contributed by atoms with Crippen LogP contribution in [0.25, 0.3) is 11.3 Å². The van der Waals surface area contributed by atoms with Crippen LogP contribution < -0.4 is 11.4 Å². The topological polar surface area (TPSA) is 95.1 Å². The molecule has 2 aliphatic heterocycles. The third-order valence-electron chi connectivity index (χ3n) is 7.72. The molecule has 1 aromatic carbocycles. The van der Waals surface area contributed by atoms with Crippen LogP contribution >= 0.6 is 0 Å². The lowest BCUT2D eigenvalue weighted by molar-refractivity contribution is -0.0292. The summed E-state index contributed by atoms with van der Waals surface area (Å²) in [5, 5.41) is 0. The Kier molecular flexibility index (Phi) is 7.57. The zero-order chi connectivity index (χ0) is 25.9. The van der Waals surface area contributed by atoms with Crippen LogP contribution in [0.2, 0.25) is 0 Å². The van der Waals surface area contributed by atoms with Crippen molar-refractivity contribution in [1.29, 1.82) is 0 Å². The normalized spacial score (nSPS) is 21.4. The van der Waals surface area contributed by atoms with Gasteiger partial charge in [-0.25, -0.2) is 18.5 Å². The Labute approximate surface area is 215 Å². The monoisotopic (exact) mass is 508 g/mol. The molecule has 196 valence electrons. The van der Waals surface area contributed by atoms with E-state index < -0.39 is 5.69 Å². The van der Waals surface area contributed by atoms with Gasteiger partial charge in [-0.05, 0) is 52.0 Å². The van der Waals surface area contributed by atoms with E-state index in [1.807, 2.05) is 13.0 Å². The number of nitrogens with zero attached hydrogens (tertiary/aromatic N) is 6. The average Bonchev–Trinajstić information content (AvgIpc) is 3.12. The van der Waals surface area contributed by atoms with Crippen LogP contribution in [0.3, 0.4) is 0 Å². The van der Waals surface area contributed by atoms with Gasteiger partial charge in [-0.1, -0.05) is 12.1 Å². The minimum absolute atomic E-state index is 0.0590. The Morgan fingerprint density at radius 1 is 1.08 bits per heavy atom. The molecular weight excluding hydrogens is 475 g/mol. The van der Waals surface area contributed by atoms with Crippen molar-refractivity contribution >= 4 is 0 Å². The highest BCUT2D eigenvalue weighted by atomic mass is 19.1. The molecule has 2 aliphatic rings. The van der Waals surface area contributed by atoms with Crippen molar-refractivity contribution in [2.75, 3.05) is 6.54 Å². The molecule has 2 fully saturated rings. The maximum absolute atomic E-state index is 14.7. The number of hydrogen-bond acceptors (Lipinski definition) is 7. The van der Waals surface area contributed by atoms with Gasteiger partial charge in [-0.3, -0.25) is 19.4 Å². The number of fused-ring (bicyclic) bond motifs is 2. The van der Waals surface area contributed by atoms with E-state index in [2.05, 4.69) is 19.9 Å². The number of benzene rings is 1. The third kappa shape index (κ3) is 5.26. The van der Waals surface area contributed by atoms with Gasteiger partial charge < -0.3 is 4.74 Å². The summed E-state index contributed by atoms with van der Waals surface area (Å²) in [6, 6.07) is 5.77. The van der Waals surface area contributed by atoms with Gasteiger partial charge in [-0.15, -0.1) is 0 Å². The Balaban J connectivity index is 1.19. The summed E-state index contributed by atoms with van der Waals surface area (Å²) in [6.07, 6.45) is 9.58. The molecule has 2 unspecified atom stereocenters. The minimum Gasteiger partial charge on any atom is -0.373 e. The zero-order valence-electron chi connectivity index (χ0n) is 21.3. The summed E-state index contributed by atoms with van der Waals surface area (Å²) in [7, 11) is 0. The molecule has 0 amide bonds. The van der Waals surface area contributed by atoms with Crippen molar-refractivity contribution in [2.45, 2.75) is 83.8 Å². The Morgan fingerprint density at radius 3 is 2.57 bits per heavy atom. The van der Waals surface area contributed by atoms with Gasteiger partial charge in [-0.2, -0.15) is 4.98 Å². The minimum atomic E-state index is -0.476. The lowest BCUT2D eigenvalue weighted by Gasteiger charge is -2.39. The molecule has 2 atom stereocenters. The lowest BCUT2D eigenvalue weighted by atomic mass is 9.99. The zero-order valence-corrected chi connectivity index (χ0v) is 21.3. The predicted octanol–water partition coefficient (Wildman–Crippen LogP) is 2.93. The molecule has 0 radical (unpaired) electrons. The van der Waals surface area contributed by atoms with Gasteiger partial charge >= 0.3 is 11.4 Å². The summed E-state index contributed by atoms with van der Waals surface area (Å²) in [5.41, 5.74) is 1.08. The SMILES string of the molecule is CCn1c(C)nc(=O)n(CCCN2C3CCC2CC(OCc2c(F)cccc2-c2cnccn2)C3)c1=O. The van der Waals surface area contributed by atoms with Crippen molar-refractivity contribution in [3.63, 3.8) is 0 Å². The van der Waals surface area contributed by atoms with Gasteiger partial charge in [0.15, 0.2) is 0 Å². The number of hydrogen-bond donors (Lipinski definition) is 0. The van der Waals surface area contributed by atoms with Crippen LogP contribution in [0.1, 0.15) is 50.4 Å². The molecule has 0 saturated carbocycles. The fourth-order valence-electron chi connectivity index (χ4n) is 5.90. The fraction of sp³-hybridized carbons (Fsp3) is 0.519. The van der Waals surface area contributed by atoms with E-state index in [1.54, 1.807) is 31.6 Å². The van der Waals surface area contributed by atoms with Gasteiger partial charge in [0.2, 0.25) is 0 Å². The van der Waals surface area contributed by atoms with Crippen LogP contribution in [-0.2, 0) is 24.4 Å². The quantitative estimate of drug-likeness (QED) is 0.439. The van der Waals surface area contributed by atoms with Crippen molar-refractivity contribution < 1.29 is 9.13 Å². The fourth-order valence-corrected chi connectivity index (χ4v) is 5.90. The molecule has 0 N–H and O–H groups in total. The highest BCUT2D eigenvalue weighted by molar-refractivity contribution is 5.62. The highest BCUT2D eigenvalue weighted by Gasteiger charge is 2.40. The smallest absolute Gasteiger partial charge is 0.353 e. The maximum Gasteiger partial charge on any atom is 0.353 e. The van der Waals surface area contributed by atoms with Crippen molar-refractivity contribution in [1.82, 2.24) is 29.0 Å². The molecule has 2 bridgehead atoms. The predicted molar refractivity (Wildman–Crippen MR) is 137 cm³/mol. The molecule has 0 spiro atoms. The molecule has 3 aromatic rings. The summed E-state index contributed by atoms with van der Waals surface area (Å²) < 4.78 is 23.8. The van der Waals surface area contributed by atoms with E-state index in [9.17, 15) is 14.0 Å². The average molecular weight is 509 g/mol. The van der Waals surface area contributed by atoms with Gasteiger partial charge in [0.05, 0.1) is 24.6 Å². The first-order valence-electron chi connectivity index (χ1n) is 13.1. The molecule has 5 rings (SSSR count). The van der Waals surface area contributed by atoms with Crippen LogP contribution in [0.15, 0.2) is 46.4 Å². The van der Waals surface area contributed by atoms with Crippen molar-refractivity contribution in [3.8, 4) is 11.3 Å². The van der Waals surface area contributed by atoms with Gasteiger partial charge in [0.25, 0.3) is 0 Å². The first kappa shape index (κ1) is 25.4. The highest BCUT2D eigenvalue weighted by Crippen LogP contribution is 2.37. The summed E-state index contributed by atoms with van der Waals surface area (Å²) in [6.45, 7) is 5.41. The number of halogens is 1. The van der Waals surface area contributed by atoms with E-state index in [1.165, 1.54) is 15.2 Å². The summed E-state index contributed by atoms with van der Waals surface area (Å²) in [4.78, 5) is 39.9. The van der Waals surface area contributed by atoms with E-state index in [0.717, 1.165) is 32.2 Å². The van der Waals surface area contributed by atoms with Gasteiger partial charge in [0.1, 0.15) is 11.6 Å². The molecule has 4 heterocycles. The number of rotatable bonds is 9. The number of aromatic nitrogens is 5. The van der Waals surface area contributed by atoms with Crippen molar-refractivity contribution in [3.05, 3.63) is 75.0 Å². The van der Waals surface area contributed by atoms with Crippen LogP contribution in [0.4, 0.5) is 4.39 Å². The molecule has 10 heteroatoms. The second kappa shape index (κ2) is 11.0. The molecule has 2 saturated heterocycles. The van der Waals surface area contributed by atoms with Gasteiger partial charge in [0, 0.05) is 55.2 Å². The largest absolute Gasteiger partial charge is 0.373 e. The first-order valence-corrected chi connectivity index (χ1v) is 13.1. The molecule has 37 heavy (non-hydrogen) atoms. The summed E-state index contributed by atoms with van der Waals surface area (Å²) >= 11 is 0. The van der Waals surface area contributed by atoms with E-state index in [4.69, 9.17) is 4.74 Å². The Hall–Kier alpha value is -3.24. The number of ether oxygens (including phenoxy) is 1. The van der Waals surface area contributed by atoms with Crippen molar-refractivity contribution in [2.24, 2.45) is 0 Å². The molecule has 2 aromatic heterocycles. The molecule has 9 nitrogen and oxygen atoms in total. The van der Waals surface area contributed by atoms with Crippen LogP contribution in [0, 0.1) is 12.7 Å². The number of piperidine rings is 1. The molecular formula is C27H33FN6O3. The molecule has 0 aliphatic carbocycles. The van der Waals surface area contributed by atoms with E-state index in [0.29, 0.717) is 54.2 Å². The van der Waals surface area contributed by atoms with Crippen LogP contribution in [-0.4, -0.2) is 53.7 Å². The maximum atomic E-state index is 14.7. The lowest BCUT2D eigenvalue weighted by Crippen LogP contribution is -2.47. The van der Waals surface area contributed by atoms with Crippen LogP contribution in [0.5, 0.6) is 0 Å². The second-order valence-electron chi connectivity index (χ2n) is 9.86. The Bertz CT molecular complexity index is 1340. The summed E-state index contributed by atoms with van der Waals surface area (Å²) in [5.74, 6) is 0.152. The van der Waals surface area contributed by atoms with E-state index >= 15 is 0 Å². The standard InChI is InChI=1S/C27H33FN6O3/c1-3-32-18(2)31-26(35)34(27(32)36)13-5-12-33-19-8-9-20(33)15-21(14-19)37-17-23-22(6-4-7-24(23)28)25-16-29-10-11-30-25/h4,6-7,10-11,16,19-21H,3,5,8-9,12-15,17H2,1-2H3. The third-order valence-corrected chi connectivity index (χ3v) is 7.72.